The lowest BCUT2D eigenvalue weighted by atomic mass is 10.00. The van der Waals surface area contributed by atoms with Crippen LogP contribution in [0, 0.1) is 39.0 Å². The van der Waals surface area contributed by atoms with Gasteiger partial charge in [-0.3, -0.25) is 4.98 Å². The van der Waals surface area contributed by atoms with Crippen LogP contribution in [-0.2, 0) is 16.2 Å². The third kappa shape index (κ3) is 5.80. The SMILES string of the molecule is Cc1cc(C)c(S(=O)(=O)NC(C(S)c2nc(C)cc(C(F)(F)F)c2C#N)C(F)(F)F)c(C)c1. The van der Waals surface area contributed by atoms with E-state index in [2.05, 4.69) is 17.6 Å². The molecule has 2 rings (SSSR count). The number of thiol groups is 1. The molecule has 2 atom stereocenters. The van der Waals surface area contributed by atoms with E-state index < -0.39 is 55.4 Å². The van der Waals surface area contributed by atoms with Crippen LogP contribution in [0.3, 0.4) is 0 Å². The van der Waals surface area contributed by atoms with Gasteiger partial charge in [0, 0.05) is 5.69 Å². The van der Waals surface area contributed by atoms with Gasteiger partial charge in [-0.2, -0.15) is 49.0 Å². The number of sulfonamides is 1. The number of hydrogen-bond acceptors (Lipinski definition) is 5. The van der Waals surface area contributed by atoms with E-state index in [0.717, 1.165) is 6.92 Å². The Morgan fingerprint density at radius 1 is 1.03 bits per heavy atom. The summed E-state index contributed by atoms with van der Waals surface area (Å²) in [5.41, 5.74) is -2.85. The molecule has 0 saturated carbocycles. The van der Waals surface area contributed by atoms with Crippen LogP contribution in [-0.4, -0.2) is 25.6 Å². The van der Waals surface area contributed by atoms with E-state index in [-0.39, 0.29) is 16.8 Å². The molecule has 2 unspecified atom stereocenters. The fourth-order valence-electron chi connectivity index (χ4n) is 3.54. The summed E-state index contributed by atoms with van der Waals surface area (Å²) in [5.74, 6) is 0. The summed E-state index contributed by atoms with van der Waals surface area (Å²) < 4.78 is 109. The van der Waals surface area contributed by atoms with Gasteiger partial charge >= 0.3 is 12.4 Å². The van der Waals surface area contributed by atoms with Gasteiger partial charge in [-0.15, -0.1) is 0 Å². The van der Waals surface area contributed by atoms with E-state index in [0.29, 0.717) is 11.6 Å². The maximum absolute atomic E-state index is 13.9. The Kier molecular flexibility index (Phi) is 7.47. The van der Waals surface area contributed by atoms with Gasteiger partial charge in [0.2, 0.25) is 10.0 Å². The maximum Gasteiger partial charge on any atom is 0.417 e. The maximum atomic E-state index is 13.9. The monoisotopic (exact) mass is 511 g/mol. The molecule has 0 aliphatic rings. The second-order valence-corrected chi connectivity index (χ2v) is 9.70. The highest BCUT2D eigenvalue weighted by atomic mass is 32.2. The summed E-state index contributed by atoms with van der Waals surface area (Å²) >= 11 is 3.79. The number of nitrogens with zero attached hydrogens (tertiary/aromatic N) is 2. The van der Waals surface area contributed by atoms with Crippen molar-refractivity contribution >= 4 is 22.7 Å². The van der Waals surface area contributed by atoms with Crippen LogP contribution < -0.4 is 4.72 Å². The van der Waals surface area contributed by atoms with Crippen molar-refractivity contribution in [1.29, 1.82) is 5.26 Å². The first-order valence-corrected chi connectivity index (χ1v) is 11.2. The third-order valence-electron chi connectivity index (χ3n) is 4.70. The molecule has 0 radical (unpaired) electrons. The predicted molar refractivity (Wildman–Crippen MR) is 111 cm³/mol. The average Bonchev–Trinajstić information content (AvgIpc) is 2.62. The minimum atomic E-state index is -5.28. The van der Waals surface area contributed by atoms with E-state index in [4.69, 9.17) is 0 Å². The fourth-order valence-corrected chi connectivity index (χ4v) is 5.76. The molecule has 180 valence electrons. The van der Waals surface area contributed by atoms with Crippen LogP contribution in [0.5, 0.6) is 0 Å². The normalized spacial score (nSPS) is 14.6. The minimum Gasteiger partial charge on any atom is -0.256 e. The Morgan fingerprint density at radius 2 is 1.55 bits per heavy atom. The second kappa shape index (κ2) is 9.15. The first-order chi connectivity index (χ1) is 14.9. The van der Waals surface area contributed by atoms with Crippen molar-refractivity contribution in [1.82, 2.24) is 9.71 Å². The highest BCUT2D eigenvalue weighted by Crippen LogP contribution is 2.40. The van der Waals surface area contributed by atoms with E-state index in [1.165, 1.54) is 36.8 Å². The lowest BCUT2D eigenvalue weighted by molar-refractivity contribution is -0.151. The van der Waals surface area contributed by atoms with Crippen molar-refractivity contribution in [2.45, 2.75) is 56.2 Å². The number of hydrogen-bond donors (Lipinski definition) is 2. The first kappa shape index (κ1) is 26.9. The van der Waals surface area contributed by atoms with Gasteiger partial charge in [0.15, 0.2) is 0 Å². The highest BCUT2D eigenvalue weighted by Gasteiger charge is 2.49. The Bertz CT molecular complexity index is 1200. The number of nitriles is 1. The number of benzene rings is 1. The highest BCUT2D eigenvalue weighted by molar-refractivity contribution is 7.89. The molecule has 0 bridgehead atoms. The van der Waals surface area contributed by atoms with Crippen molar-refractivity contribution < 1.29 is 34.8 Å². The molecule has 0 spiro atoms. The van der Waals surface area contributed by atoms with Gasteiger partial charge in [0.25, 0.3) is 0 Å². The zero-order valence-corrected chi connectivity index (χ0v) is 19.4. The topological polar surface area (TPSA) is 82.8 Å². The Balaban J connectivity index is 2.68. The Labute approximate surface area is 192 Å². The summed E-state index contributed by atoms with van der Waals surface area (Å²) in [5, 5.41) is 7.00. The second-order valence-electron chi connectivity index (χ2n) is 7.49. The number of aryl methyl sites for hydroxylation is 4. The Hall–Kier alpha value is -2.30. The molecule has 1 aromatic carbocycles. The molecular formula is C20H19F6N3O2S2. The van der Waals surface area contributed by atoms with E-state index in [9.17, 15) is 40.0 Å². The summed E-state index contributed by atoms with van der Waals surface area (Å²) in [6.45, 7) is 5.59. The number of nitrogens with one attached hydrogen (secondary N) is 1. The smallest absolute Gasteiger partial charge is 0.256 e. The van der Waals surface area contributed by atoms with Gasteiger partial charge in [0.1, 0.15) is 12.1 Å². The average molecular weight is 512 g/mol. The number of pyridine rings is 1. The van der Waals surface area contributed by atoms with Gasteiger partial charge in [0.05, 0.1) is 27.0 Å². The van der Waals surface area contributed by atoms with Gasteiger partial charge < -0.3 is 0 Å². The fraction of sp³-hybridized carbons (Fsp3) is 0.400. The van der Waals surface area contributed by atoms with Crippen LogP contribution in [0.4, 0.5) is 26.3 Å². The summed E-state index contributed by atoms with van der Waals surface area (Å²) in [4.78, 5) is 3.28. The van der Waals surface area contributed by atoms with Crippen molar-refractivity contribution in [2.75, 3.05) is 0 Å². The molecular weight excluding hydrogens is 492 g/mol. The number of rotatable bonds is 5. The molecule has 0 amide bonds. The van der Waals surface area contributed by atoms with Crippen molar-refractivity contribution in [3.8, 4) is 6.07 Å². The van der Waals surface area contributed by atoms with Crippen LogP contribution in [0.1, 0.15) is 44.5 Å². The van der Waals surface area contributed by atoms with Crippen LogP contribution in [0.2, 0.25) is 0 Å². The van der Waals surface area contributed by atoms with E-state index >= 15 is 0 Å². The summed E-state index contributed by atoms with van der Waals surface area (Å²) in [7, 11) is -4.79. The molecule has 1 heterocycles. The van der Waals surface area contributed by atoms with Crippen LogP contribution in [0.25, 0.3) is 0 Å². The van der Waals surface area contributed by atoms with Crippen molar-refractivity contribution in [3.05, 3.63) is 57.4 Å². The molecule has 1 aromatic heterocycles. The molecule has 1 N–H and O–H groups in total. The lowest BCUT2D eigenvalue weighted by Crippen LogP contribution is -2.48. The molecule has 13 heteroatoms. The molecule has 5 nitrogen and oxygen atoms in total. The van der Waals surface area contributed by atoms with Crippen molar-refractivity contribution in [3.63, 3.8) is 0 Å². The number of halogens is 6. The minimum absolute atomic E-state index is 0.183. The predicted octanol–water partition coefficient (Wildman–Crippen LogP) is 5.09. The Morgan fingerprint density at radius 3 is 1.97 bits per heavy atom. The summed E-state index contributed by atoms with van der Waals surface area (Å²) in [6.07, 6.45) is -10.3. The zero-order chi connectivity index (χ0) is 25.5. The molecule has 0 aliphatic carbocycles. The molecule has 2 aromatic rings. The molecule has 0 aliphatic heterocycles. The number of aromatic nitrogens is 1. The van der Waals surface area contributed by atoms with Crippen LogP contribution in [0.15, 0.2) is 23.1 Å². The van der Waals surface area contributed by atoms with Gasteiger partial charge in [-0.1, -0.05) is 17.7 Å². The van der Waals surface area contributed by atoms with Gasteiger partial charge in [-0.25, -0.2) is 8.42 Å². The van der Waals surface area contributed by atoms with Crippen molar-refractivity contribution in [2.24, 2.45) is 0 Å². The molecule has 33 heavy (non-hydrogen) atoms. The largest absolute Gasteiger partial charge is 0.417 e. The van der Waals surface area contributed by atoms with Crippen LogP contribution >= 0.6 is 12.6 Å². The quantitative estimate of drug-likeness (QED) is 0.433. The van der Waals surface area contributed by atoms with E-state index in [1.54, 1.807) is 6.92 Å². The number of alkyl halides is 6. The summed E-state index contributed by atoms with van der Waals surface area (Å²) in [6, 6.07) is 1.70. The third-order valence-corrected chi connectivity index (χ3v) is 6.99. The zero-order valence-electron chi connectivity index (χ0n) is 17.7. The standard InChI is InChI=1S/C20H19F6N3O2S2/c1-9-5-10(2)17(11(3)6-9)33(30,31)29-18(20(24,25)26)16(32)15-13(8-27)14(19(21,22)23)7-12(4)28-15/h5-7,16,18,29,32H,1-4H3. The molecule has 0 fully saturated rings. The van der Waals surface area contributed by atoms with Gasteiger partial charge in [-0.05, 0) is 44.9 Å². The molecule has 0 saturated heterocycles. The van der Waals surface area contributed by atoms with E-state index in [1.807, 2.05) is 0 Å². The first-order valence-electron chi connectivity index (χ1n) is 9.24. The lowest BCUT2D eigenvalue weighted by Gasteiger charge is -2.28.